The van der Waals surface area contributed by atoms with Gasteiger partial charge in [-0.25, -0.2) is 4.79 Å². The number of ether oxygens (including phenoxy) is 1. The second kappa shape index (κ2) is 6.93. The number of hydrogen-bond acceptors (Lipinski definition) is 4. The van der Waals surface area contributed by atoms with E-state index < -0.39 is 5.97 Å². The van der Waals surface area contributed by atoms with Gasteiger partial charge in [0.25, 0.3) is 0 Å². The first kappa shape index (κ1) is 15.7. The van der Waals surface area contributed by atoms with Crippen LogP contribution in [0, 0.1) is 0 Å². The normalized spacial score (nSPS) is 17.9. The third kappa shape index (κ3) is 3.78. The van der Waals surface area contributed by atoms with Crippen molar-refractivity contribution in [2.45, 2.75) is 12.5 Å². The van der Waals surface area contributed by atoms with Gasteiger partial charge >= 0.3 is 5.97 Å². The molecule has 0 radical (unpaired) electrons. The number of morpholine rings is 1. The lowest BCUT2D eigenvalue weighted by Gasteiger charge is -2.33. The molecule has 23 heavy (non-hydrogen) atoms. The van der Waals surface area contributed by atoms with Crippen LogP contribution in [0.1, 0.15) is 27.6 Å². The minimum absolute atomic E-state index is 0.0385. The quantitative estimate of drug-likeness (QED) is 0.935. The zero-order chi connectivity index (χ0) is 16.2. The molecule has 3 rings (SSSR count). The molecule has 1 aromatic carbocycles. The highest BCUT2D eigenvalue weighted by molar-refractivity contribution is 7.07. The molecular weight excluding hydrogens is 314 g/mol. The lowest BCUT2D eigenvalue weighted by Crippen LogP contribution is -2.42. The molecule has 120 valence electrons. The number of benzene rings is 1. The molecule has 2 aromatic rings. The van der Waals surface area contributed by atoms with Crippen molar-refractivity contribution in [1.29, 1.82) is 0 Å². The van der Waals surface area contributed by atoms with Crippen molar-refractivity contribution in [3.8, 4) is 0 Å². The molecule has 0 aliphatic carbocycles. The van der Waals surface area contributed by atoms with Gasteiger partial charge in [0.2, 0.25) is 5.91 Å². The Kier molecular flexibility index (Phi) is 4.73. The van der Waals surface area contributed by atoms with E-state index in [9.17, 15) is 9.59 Å². The monoisotopic (exact) mass is 331 g/mol. The summed E-state index contributed by atoms with van der Waals surface area (Å²) in [6.45, 7) is 1.68. The number of carboxylic acids is 1. The zero-order valence-corrected chi connectivity index (χ0v) is 13.3. The van der Waals surface area contributed by atoms with E-state index in [-0.39, 0.29) is 24.0 Å². The predicted octanol–water partition coefficient (Wildman–Crippen LogP) is 2.59. The van der Waals surface area contributed by atoms with E-state index in [1.54, 1.807) is 23.5 Å². The van der Waals surface area contributed by atoms with Crippen LogP contribution in [0.25, 0.3) is 0 Å². The van der Waals surface area contributed by atoms with Crippen molar-refractivity contribution in [2.75, 3.05) is 19.7 Å². The summed E-state index contributed by atoms with van der Waals surface area (Å²) in [5.41, 5.74) is 2.15. The fourth-order valence-electron chi connectivity index (χ4n) is 2.59. The molecule has 1 saturated heterocycles. The van der Waals surface area contributed by atoms with Crippen LogP contribution in [-0.2, 0) is 16.0 Å². The first-order valence-electron chi connectivity index (χ1n) is 7.37. The molecule has 0 saturated carbocycles. The van der Waals surface area contributed by atoms with Gasteiger partial charge in [0.1, 0.15) is 6.10 Å². The molecule has 1 amide bonds. The van der Waals surface area contributed by atoms with Crippen LogP contribution in [-0.4, -0.2) is 41.6 Å². The zero-order valence-electron chi connectivity index (χ0n) is 12.5. The number of nitrogens with zero attached hydrogens (tertiary/aromatic N) is 1. The van der Waals surface area contributed by atoms with Crippen LogP contribution in [0.15, 0.2) is 41.1 Å². The summed E-state index contributed by atoms with van der Waals surface area (Å²) in [6.07, 6.45) is 0.212. The number of amides is 1. The largest absolute Gasteiger partial charge is 0.478 e. The molecule has 5 nitrogen and oxygen atoms in total. The predicted molar refractivity (Wildman–Crippen MR) is 86.7 cm³/mol. The van der Waals surface area contributed by atoms with E-state index in [1.807, 2.05) is 21.7 Å². The maximum absolute atomic E-state index is 12.5. The highest BCUT2D eigenvalue weighted by atomic mass is 32.1. The Hall–Kier alpha value is -2.18. The Labute approximate surface area is 138 Å². The Morgan fingerprint density at radius 1 is 1.26 bits per heavy atom. The molecule has 6 heteroatoms. The maximum atomic E-state index is 12.5. The summed E-state index contributed by atoms with van der Waals surface area (Å²) >= 11 is 1.62. The number of carboxylic acid groups (broad SMARTS) is 1. The van der Waals surface area contributed by atoms with E-state index >= 15 is 0 Å². The van der Waals surface area contributed by atoms with E-state index in [2.05, 4.69) is 0 Å². The molecule has 1 N–H and O–H groups in total. The molecule has 1 atom stereocenters. The van der Waals surface area contributed by atoms with Gasteiger partial charge in [-0.3, -0.25) is 4.79 Å². The fraction of sp³-hybridized carbons (Fsp3) is 0.294. The Morgan fingerprint density at radius 2 is 2.04 bits per heavy atom. The van der Waals surface area contributed by atoms with Crippen molar-refractivity contribution in [3.05, 3.63) is 57.8 Å². The van der Waals surface area contributed by atoms with Crippen molar-refractivity contribution in [3.63, 3.8) is 0 Å². The second-order valence-electron chi connectivity index (χ2n) is 5.43. The van der Waals surface area contributed by atoms with E-state index in [0.29, 0.717) is 19.7 Å². The standard InChI is InChI=1S/C17H17NO4S/c19-16(9-12-1-3-13(4-2-12)17(20)21)18-6-7-22-15(10-18)14-5-8-23-11-14/h1-5,8,11,15H,6-7,9-10H2,(H,20,21). The highest BCUT2D eigenvalue weighted by Crippen LogP contribution is 2.24. The molecule has 2 heterocycles. The molecule has 0 bridgehead atoms. The van der Waals surface area contributed by atoms with Gasteiger partial charge in [0.15, 0.2) is 0 Å². The van der Waals surface area contributed by atoms with Gasteiger partial charge in [-0.05, 0) is 40.1 Å². The van der Waals surface area contributed by atoms with Crippen LogP contribution in [0.3, 0.4) is 0 Å². The van der Waals surface area contributed by atoms with Gasteiger partial charge < -0.3 is 14.7 Å². The molecule has 1 aliphatic rings. The first-order chi connectivity index (χ1) is 11.1. The van der Waals surface area contributed by atoms with Crippen molar-refractivity contribution < 1.29 is 19.4 Å². The lowest BCUT2D eigenvalue weighted by atomic mass is 10.1. The summed E-state index contributed by atoms with van der Waals surface area (Å²) < 4.78 is 5.74. The summed E-state index contributed by atoms with van der Waals surface area (Å²) in [5, 5.41) is 12.9. The second-order valence-corrected chi connectivity index (χ2v) is 6.21. The SMILES string of the molecule is O=C(O)c1ccc(CC(=O)N2CCOC(c3ccsc3)C2)cc1. The number of carbonyl (C=O) groups is 2. The van der Waals surface area contributed by atoms with Crippen molar-refractivity contribution in [1.82, 2.24) is 4.90 Å². The fourth-order valence-corrected chi connectivity index (χ4v) is 3.29. The highest BCUT2D eigenvalue weighted by Gasteiger charge is 2.25. The summed E-state index contributed by atoms with van der Waals surface area (Å²) in [6, 6.07) is 8.46. The van der Waals surface area contributed by atoms with Crippen molar-refractivity contribution >= 4 is 23.2 Å². The van der Waals surface area contributed by atoms with E-state index in [4.69, 9.17) is 9.84 Å². The third-order valence-corrected chi connectivity index (χ3v) is 4.59. The number of hydrogen-bond donors (Lipinski definition) is 1. The van der Waals surface area contributed by atoms with Gasteiger partial charge in [-0.15, -0.1) is 0 Å². The van der Waals surface area contributed by atoms with Crippen LogP contribution in [0.5, 0.6) is 0 Å². The van der Waals surface area contributed by atoms with E-state index in [0.717, 1.165) is 11.1 Å². The average molecular weight is 331 g/mol. The van der Waals surface area contributed by atoms with E-state index in [1.165, 1.54) is 12.1 Å². The van der Waals surface area contributed by atoms with Gasteiger partial charge in [-0.2, -0.15) is 11.3 Å². The minimum Gasteiger partial charge on any atom is -0.478 e. The first-order valence-corrected chi connectivity index (χ1v) is 8.31. The molecule has 1 fully saturated rings. The number of thiophene rings is 1. The molecule has 0 spiro atoms. The molecule has 1 unspecified atom stereocenters. The van der Waals surface area contributed by atoms with Gasteiger partial charge in [-0.1, -0.05) is 12.1 Å². The Morgan fingerprint density at radius 3 is 2.70 bits per heavy atom. The van der Waals surface area contributed by atoms with Crippen LogP contribution in [0.4, 0.5) is 0 Å². The maximum Gasteiger partial charge on any atom is 0.335 e. The van der Waals surface area contributed by atoms with Gasteiger partial charge in [0, 0.05) is 6.54 Å². The summed E-state index contributed by atoms with van der Waals surface area (Å²) in [4.78, 5) is 25.1. The minimum atomic E-state index is -0.963. The number of aromatic carboxylic acids is 1. The van der Waals surface area contributed by atoms with Gasteiger partial charge in [0.05, 0.1) is 25.1 Å². The average Bonchev–Trinajstić information content (AvgIpc) is 3.10. The van der Waals surface area contributed by atoms with Crippen LogP contribution >= 0.6 is 11.3 Å². The smallest absolute Gasteiger partial charge is 0.335 e. The summed E-state index contributed by atoms with van der Waals surface area (Å²) in [5.74, 6) is -0.925. The Bertz CT molecular complexity index is 681. The lowest BCUT2D eigenvalue weighted by molar-refractivity contribution is -0.138. The number of carbonyl (C=O) groups excluding carboxylic acids is 1. The van der Waals surface area contributed by atoms with Crippen LogP contribution in [0.2, 0.25) is 0 Å². The molecule has 1 aromatic heterocycles. The number of rotatable bonds is 4. The summed E-state index contributed by atoms with van der Waals surface area (Å²) in [7, 11) is 0. The topological polar surface area (TPSA) is 66.8 Å². The van der Waals surface area contributed by atoms with Crippen LogP contribution < -0.4 is 0 Å². The molecular formula is C17H17NO4S. The molecule has 1 aliphatic heterocycles. The Balaban J connectivity index is 1.62. The van der Waals surface area contributed by atoms with Crippen molar-refractivity contribution in [2.24, 2.45) is 0 Å². The third-order valence-electron chi connectivity index (χ3n) is 3.89.